The molecule has 0 spiro atoms. The highest BCUT2D eigenvalue weighted by Gasteiger charge is 2.40. The minimum absolute atomic E-state index is 0.0657. The number of nitrogens with zero attached hydrogens (tertiary/aromatic N) is 5. The summed E-state index contributed by atoms with van der Waals surface area (Å²) in [5, 5.41) is 8.96. The first-order valence-electron chi connectivity index (χ1n) is 12.0. The van der Waals surface area contributed by atoms with Crippen LogP contribution in [0.2, 0.25) is 0 Å². The van der Waals surface area contributed by atoms with E-state index in [0.717, 1.165) is 23.4 Å². The summed E-state index contributed by atoms with van der Waals surface area (Å²) < 4.78 is 79.9. The molecular formula is C24H31F4N5O4S. The predicted molar refractivity (Wildman–Crippen MR) is 133 cm³/mol. The molecule has 1 fully saturated rings. The summed E-state index contributed by atoms with van der Waals surface area (Å²) in [6.45, 7) is 4.40. The summed E-state index contributed by atoms with van der Waals surface area (Å²) >= 11 is 0. The highest BCUT2D eigenvalue weighted by molar-refractivity contribution is 7.90. The number of amides is 1. The van der Waals surface area contributed by atoms with Gasteiger partial charge in [0, 0.05) is 58.0 Å². The molecule has 38 heavy (non-hydrogen) atoms. The summed E-state index contributed by atoms with van der Waals surface area (Å²) in [7, 11) is -2.46. The second kappa shape index (κ2) is 11.4. The Morgan fingerprint density at radius 2 is 1.95 bits per heavy atom. The smallest absolute Gasteiger partial charge is 0.396 e. The topological polar surface area (TPSA) is 107 Å². The van der Waals surface area contributed by atoms with Crippen LogP contribution in [-0.4, -0.2) is 86.4 Å². The summed E-state index contributed by atoms with van der Waals surface area (Å²) in [4.78, 5) is 24.7. The number of piperazine rings is 1. The van der Waals surface area contributed by atoms with Crippen molar-refractivity contribution in [3.05, 3.63) is 41.5 Å². The number of anilines is 2. The second-order valence-corrected chi connectivity index (χ2v) is 11.6. The van der Waals surface area contributed by atoms with Gasteiger partial charge in [-0.25, -0.2) is 22.8 Å². The number of benzene rings is 1. The Kier molecular flexibility index (Phi) is 8.86. The lowest BCUT2D eigenvalue weighted by Gasteiger charge is -2.44. The first-order valence-corrected chi connectivity index (χ1v) is 13.9. The van der Waals surface area contributed by atoms with Gasteiger partial charge in [-0.1, -0.05) is 13.8 Å². The van der Waals surface area contributed by atoms with E-state index in [4.69, 9.17) is 5.11 Å². The summed E-state index contributed by atoms with van der Waals surface area (Å²) in [6.07, 6.45) is -2.90. The fraction of sp³-hybridized carbons (Fsp3) is 0.542. The Bertz CT molecular complexity index is 1270. The standard InChI is InChI=1S/C24H31F4N5O4S/c1-15(2)19-14-32(16-6-7-18(25)20(12-16)38(4,36)37)9-10-33(19)23-29-13-17(21(30-23)24(26,27)28)22(35)31(3)8-5-11-34/h6-7,12-13,15,19,34H,5,8-11,14H2,1-4H3/t19-/m0/s1. The molecule has 0 radical (unpaired) electrons. The number of hydrogen-bond acceptors (Lipinski definition) is 8. The largest absolute Gasteiger partial charge is 0.434 e. The van der Waals surface area contributed by atoms with Gasteiger partial charge in [0.2, 0.25) is 5.95 Å². The van der Waals surface area contributed by atoms with Crippen LogP contribution in [0.3, 0.4) is 0 Å². The van der Waals surface area contributed by atoms with Crippen LogP contribution in [0.25, 0.3) is 0 Å². The van der Waals surface area contributed by atoms with Gasteiger partial charge in [0.15, 0.2) is 15.5 Å². The van der Waals surface area contributed by atoms with Crippen molar-refractivity contribution in [2.45, 2.75) is 37.4 Å². The SMILES string of the molecule is CC(C)[C@@H]1CN(c2ccc(F)c(S(C)(=O)=O)c2)CCN1c1ncc(C(=O)N(C)CCCO)c(C(F)(F)F)n1. The predicted octanol–water partition coefficient (Wildman–Crippen LogP) is 2.84. The van der Waals surface area contributed by atoms with E-state index in [2.05, 4.69) is 9.97 Å². The van der Waals surface area contributed by atoms with E-state index < -0.39 is 43.9 Å². The number of hydrogen-bond donors (Lipinski definition) is 1. The van der Waals surface area contributed by atoms with E-state index >= 15 is 0 Å². The van der Waals surface area contributed by atoms with Crippen LogP contribution >= 0.6 is 0 Å². The highest BCUT2D eigenvalue weighted by Crippen LogP contribution is 2.34. The third-order valence-corrected chi connectivity index (χ3v) is 7.51. The Morgan fingerprint density at radius 3 is 2.53 bits per heavy atom. The van der Waals surface area contributed by atoms with Crippen LogP contribution < -0.4 is 9.80 Å². The molecule has 1 N–H and O–H groups in total. The first kappa shape index (κ1) is 29.6. The molecule has 1 saturated heterocycles. The van der Waals surface area contributed by atoms with Crippen molar-refractivity contribution in [1.82, 2.24) is 14.9 Å². The van der Waals surface area contributed by atoms with E-state index in [0.29, 0.717) is 12.2 Å². The normalized spacial score (nSPS) is 16.7. The number of carbonyl (C=O) groups is 1. The molecule has 14 heteroatoms. The minimum atomic E-state index is -4.91. The molecule has 1 amide bonds. The maximum atomic E-state index is 14.1. The summed E-state index contributed by atoms with van der Waals surface area (Å²) in [6, 6.07) is 3.42. The first-order chi connectivity index (χ1) is 17.6. The van der Waals surface area contributed by atoms with Crippen molar-refractivity contribution in [1.29, 1.82) is 0 Å². The van der Waals surface area contributed by atoms with Gasteiger partial charge in [-0.3, -0.25) is 4.79 Å². The number of rotatable bonds is 8. The van der Waals surface area contributed by atoms with E-state index in [1.54, 1.807) is 4.90 Å². The Labute approximate surface area is 219 Å². The Morgan fingerprint density at radius 1 is 1.26 bits per heavy atom. The third kappa shape index (κ3) is 6.52. The number of aliphatic hydroxyl groups excluding tert-OH is 1. The van der Waals surface area contributed by atoms with Gasteiger partial charge in [0.25, 0.3) is 5.91 Å². The average molecular weight is 562 g/mol. The number of aromatic nitrogens is 2. The van der Waals surface area contributed by atoms with Crippen molar-refractivity contribution in [3.8, 4) is 0 Å². The molecule has 2 aromatic rings. The highest BCUT2D eigenvalue weighted by atomic mass is 32.2. The second-order valence-electron chi connectivity index (χ2n) is 9.57. The van der Waals surface area contributed by atoms with Crippen LogP contribution in [-0.2, 0) is 16.0 Å². The lowest BCUT2D eigenvalue weighted by atomic mass is 9.99. The molecule has 1 aliphatic rings. The third-order valence-electron chi connectivity index (χ3n) is 6.40. The Balaban J connectivity index is 1.94. The van der Waals surface area contributed by atoms with Gasteiger partial charge in [0.1, 0.15) is 10.7 Å². The molecule has 210 valence electrons. The van der Waals surface area contributed by atoms with E-state index in [-0.39, 0.29) is 50.6 Å². The van der Waals surface area contributed by atoms with Gasteiger partial charge in [-0.15, -0.1) is 0 Å². The van der Waals surface area contributed by atoms with Crippen LogP contribution in [0.1, 0.15) is 36.3 Å². The van der Waals surface area contributed by atoms with Crippen molar-refractivity contribution >= 4 is 27.4 Å². The molecule has 1 aromatic carbocycles. The number of halogens is 4. The molecule has 1 atom stereocenters. The van der Waals surface area contributed by atoms with Crippen molar-refractivity contribution < 1.29 is 35.9 Å². The zero-order valence-corrected chi connectivity index (χ0v) is 22.4. The number of alkyl halides is 3. The zero-order valence-electron chi connectivity index (χ0n) is 21.5. The Hall–Kier alpha value is -3.00. The molecule has 0 saturated carbocycles. The molecule has 0 aliphatic carbocycles. The van der Waals surface area contributed by atoms with Crippen molar-refractivity contribution in [2.24, 2.45) is 5.92 Å². The van der Waals surface area contributed by atoms with Gasteiger partial charge in [-0.05, 0) is 30.5 Å². The van der Waals surface area contributed by atoms with Gasteiger partial charge < -0.3 is 19.8 Å². The lowest BCUT2D eigenvalue weighted by Crippen LogP contribution is -2.56. The van der Waals surface area contributed by atoms with Gasteiger partial charge in [0.05, 0.1) is 11.6 Å². The fourth-order valence-electron chi connectivity index (χ4n) is 4.33. The molecule has 0 unspecified atom stereocenters. The summed E-state index contributed by atoms with van der Waals surface area (Å²) in [5.41, 5.74) is -1.55. The van der Waals surface area contributed by atoms with E-state index in [1.165, 1.54) is 19.2 Å². The van der Waals surface area contributed by atoms with Crippen molar-refractivity contribution in [2.75, 3.05) is 55.9 Å². The monoisotopic (exact) mass is 561 g/mol. The van der Waals surface area contributed by atoms with Crippen molar-refractivity contribution in [3.63, 3.8) is 0 Å². The quantitative estimate of drug-likeness (QED) is 0.491. The van der Waals surface area contributed by atoms with E-state index in [1.807, 2.05) is 18.7 Å². The maximum Gasteiger partial charge on any atom is 0.434 e. The lowest BCUT2D eigenvalue weighted by molar-refractivity contribution is -0.141. The molecule has 2 heterocycles. The van der Waals surface area contributed by atoms with Crippen LogP contribution in [0.4, 0.5) is 29.2 Å². The van der Waals surface area contributed by atoms with Gasteiger partial charge >= 0.3 is 6.18 Å². The van der Waals surface area contributed by atoms with Crippen LogP contribution in [0, 0.1) is 11.7 Å². The van der Waals surface area contributed by atoms with Gasteiger partial charge in [-0.2, -0.15) is 13.2 Å². The average Bonchev–Trinajstić information content (AvgIpc) is 2.85. The maximum absolute atomic E-state index is 14.1. The number of carbonyl (C=O) groups excluding carboxylic acids is 1. The molecule has 1 aliphatic heterocycles. The molecule has 9 nitrogen and oxygen atoms in total. The molecule has 1 aromatic heterocycles. The number of aliphatic hydroxyl groups is 1. The van der Waals surface area contributed by atoms with Crippen LogP contribution in [0.5, 0.6) is 0 Å². The number of sulfone groups is 1. The molecule has 3 rings (SSSR count). The fourth-order valence-corrected chi connectivity index (χ4v) is 5.09. The summed E-state index contributed by atoms with van der Waals surface area (Å²) in [5.74, 6) is -2.02. The molecular weight excluding hydrogens is 530 g/mol. The zero-order chi connectivity index (χ0) is 28.4. The molecule has 0 bridgehead atoms. The van der Waals surface area contributed by atoms with Crippen LogP contribution in [0.15, 0.2) is 29.3 Å². The minimum Gasteiger partial charge on any atom is -0.396 e. The van der Waals surface area contributed by atoms with E-state index in [9.17, 15) is 30.8 Å².